The molecular formula is C18H24FN3S. The van der Waals surface area contributed by atoms with E-state index in [0.29, 0.717) is 0 Å². The number of nitrogens with one attached hydrogen (secondary N) is 1. The average molecular weight is 333 g/mol. The van der Waals surface area contributed by atoms with Gasteiger partial charge in [-0.3, -0.25) is 4.90 Å². The van der Waals surface area contributed by atoms with Gasteiger partial charge in [0.25, 0.3) is 0 Å². The number of piperazine rings is 1. The first kappa shape index (κ1) is 16.4. The molecule has 3 rings (SSSR count). The normalized spacial score (nSPS) is 16.0. The summed E-state index contributed by atoms with van der Waals surface area (Å²) in [5, 5.41) is 5.69. The lowest BCUT2D eigenvalue weighted by molar-refractivity contribution is 0.257. The largest absolute Gasteiger partial charge is 0.369 e. The van der Waals surface area contributed by atoms with Gasteiger partial charge in [-0.1, -0.05) is 0 Å². The third kappa shape index (κ3) is 4.53. The van der Waals surface area contributed by atoms with E-state index in [0.717, 1.165) is 51.5 Å². The zero-order chi connectivity index (χ0) is 16.1. The Kier molecular flexibility index (Phi) is 5.65. The second-order valence-electron chi connectivity index (χ2n) is 6.01. The Morgan fingerprint density at radius 2 is 1.83 bits per heavy atom. The van der Waals surface area contributed by atoms with Crippen LogP contribution in [-0.4, -0.2) is 44.2 Å². The third-order valence-electron chi connectivity index (χ3n) is 4.42. The van der Waals surface area contributed by atoms with Gasteiger partial charge in [0.1, 0.15) is 5.82 Å². The molecule has 1 aromatic heterocycles. The zero-order valence-corrected chi connectivity index (χ0v) is 14.4. The molecule has 1 aliphatic heterocycles. The molecule has 0 unspecified atom stereocenters. The highest BCUT2D eigenvalue weighted by molar-refractivity contribution is 7.10. The minimum absolute atomic E-state index is 0.167. The van der Waals surface area contributed by atoms with E-state index in [1.165, 1.54) is 22.6 Å². The van der Waals surface area contributed by atoms with Crippen LogP contribution in [0.4, 0.5) is 10.1 Å². The van der Waals surface area contributed by atoms with E-state index in [9.17, 15) is 4.39 Å². The molecule has 2 aromatic rings. The highest BCUT2D eigenvalue weighted by atomic mass is 32.1. The number of halogens is 1. The van der Waals surface area contributed by atoms with Crippen LogP contribution in [-0.2, 0) is 6.54 Å². The summed E-state index contributed by atoms with van der Waals surface area (Å²) in [5.74, 6) is -0.167. The minimum Gasteiger partial charge on any atom is -0.369 e. The fourth-order valence-corrected chi connectivity index (χ4v) is 3.78. The molecule has 5 heteroatoms. The van der Waals surface area contributed by atoms with Crippen LogP contribution in [0.15, 0.2) is 35.7 Å². The molecule has 3 nitrogen and oxygen atoms in total. The first-order valence-corrected chi connectivity index (χ1v) is 9.07. The maximum Gasteiger partial charge on any atom is 0.123 e. The van der Waals surface area contributed by atoms with Crippen molar-refractivity contribution in [2.75, 3.05) is 44.2 Å². The maximum absolute atomic E-state index is 13.0. The number of anilines is 1. The summed E-state index contributed by atoms with van der Waals surface area (Å²) >= 11 is 1.82. The van der Waals surface area contributed by atoms with Crippen LogP contribution in [0.25, 0.3) is 0 Å². The Morgan fingerprint density at radius 1 is 1.09 bits per heavy atom. The molecule has 1 N–H and O–H groups in total. The number of hydrogen-bond donors (Lipinski definition) is 1. The number of thiophene rings is 1. The van der Waals surface area contributed by atoms with Crippen LogP contribution >= 0.6 is 11.3 Å². The van der Waals surface area contributed by atoms with Gasteiger partial charge >= 0.3 is 0 Å². The maximum atomic E-state index is 13.0. The molecule has 1 saturated heterocycles. The molecule has 0 saturated carbocycles. The van der Waals surface area contributed by atoms with Crippen LogP contribution in [0, 0.1) is 12.7 Å². The predicted molar refractivity (Wildman–Crippen MR) is 95.8 cm³/mol. The molecule has 0 spiro atoms. The van der Waals surface area contributed by atoms with Crippen molar-refractivity contribution in [2.45, 2.75) is 13.5 Å². The van der Waals surface area contributed by atoms with Gasteiger partial charge in [0, 0.05) is 56.4 Å². The summed E-state index contributed by atoms with van der Waals surface area (Å²) in [7, 11) is 0. The van der Waals surface area contributed by atoms with Crippen molar-refractivity contribution >= 4 is 17.0 Å². The molecule has 23 heavy (non-hydrogen) atoms. The minimum atomic E-state index is -0.167. The smallest absolute Gasteiger partial charge is 0.123 e. The van der Waals surface area contributed by atoms with E-state index in [2.05, 4.69) is 33.5 Å². The molecular weight excluding hydrogens is 309 g/mol. The van der Waals surface area contributed by atoms with Gasteiger partial charge in [-0.25, -0.2) is 4.39 Å². The van der Waals surface area contributed by atoms with Crippen LogP contribution in [0.1, 0.15) is 10.4 Å². The van der Waals surface area contributed by atoms with Crippen molar-refractivity contribution in [3.8, 4) is 0 Å². The van der Waals surface area contributed by atoms with Gasteiger partial charge in [0.2, 0.25) is 0 Å². The topological polar surface area (TPSA) is 18.5 Å². The molecule has 0 amide bonds. The number of benzene rings is 1. The van der Waals surface area contributed by atoms with E-state index in [4.69, 9.17) is 0 Å². The highest BCUT2D eigenvalue weighted by Crippen LogP contribution is 2.17. The summed E-state index contributed by atoms with van der Waals surface area (Å²) in [6.07, 6.45) is 0. The lowest BCUT2D eigenvalue weighted by Gasteiger charge is -2.36. The predicted octanol–water partition coefficient (Wildman–Crippen LogP) is 3.11. The first-order valence-electron chi connectivity index (χ1n) is 8.19. The number of aryl methyl sites for hydroxylation is 1. The SMILES string of the molecule is Cc1ccsc1CNCCN1CCN(c2ccc(F)cc2)CC1. The third-order valence-corrected chi connectivity index (χ3v) is 5.45. The van der Waals surface area contributed by atoms with Crippen molar-refractivity contribution in [3.05, 3.63) is 52.0 Å². The summed E-state index contributed by atoms with van der Waals surface area (Å²) in [6, 6.07) is 9.00. The second-order valence-corrected chi connectivity index (χ2v) is 7.01. The molecule has 0 radical (unpaired) electrons. The van der Waals surface area contributed by atoms with Gasteiger partial charge in [-0.2, -0.15) is 0 Å². The van der Waals surface area contributed by atoms with E-state index in [-0.39, 0.29) is 5.82 Å². The Balaban J connectivity index is 1.36. The summed E-state index contributed by atoms with van der Waals surface area (Å²) in [6.45, 7) is 9.40. The van der Waals surface area contributed by atoms with Gasteiger partial charge < -0.3 is 10.2 Å². The number of nitrogens with zero attached hydrogens (tertiary/aromatic N) is 2. The van der Waals surface area contributed by atoms with E-state index >= 15 is 0 Å². The lowest BCUT2D eigenvalue weighted by Crippen LogP contribution is -2.48. The highest BCUT2D eigenvalue weighted by Gasteiger charge is 2.16. The summed E-state index contributed by atoms with van der Waals surface area (Å²) in [4.78, 5) is 6.26. The molecule has 2 heterocycles. The summed E-state index contributed by atoms with van der Waals surface area (Å²) < 4.78 is 13.0. The Bertz CT molecular complexity index is 603. The summed E-state index contributed by atoms with van der Waals surface area (Å²) in [5.41, 5.74) is 2.51. The fraction of sp³-hybridized carbons (Fsp3) is 0.444. The monoisotopic (exact) mass is 333 g/mol. The quantitative estimate of drug-likeness (QED) is 0.820. The van der Waals surface area contributed by atoms with Crippen molar-refractivity contribution < 1.29 is 4.39 Å². The van der Waals surface area contributed by atoms with Crippen molar-refractivity contribution in [2.24, 2.45) is 0 Å². The molecule has 124 valence electrons. The van der Waals surface area contributed by atoms with Gasteiger partial charge in [0.15, 0.2) is 0 Å². The van der Waals surface area contributed by atoms with Crippen molar-refractivity contribution in [1.82, 2.24) is 10.2 Å². The van der Waals surface area contributed by atoms with Crippen LogP contribution < -0.4 is 10.2 Å². The van der Waals surface area contributed by atoms with Crippen LogP contribution in [0.5, 0.6) is 0 Å². The average Bonchev–Trinajstić information content (AvgIpc) is 2.98. The standard InChI is InChI=1S/C18H24FN3S/c1-15-6-13-23-18(15)14-20-7-8-21-9-11-22(12-10-21)17-4-2-16(19)3-5-17/h2-6,13,20H,7-12,14H2,1H3. The van der Waals surface area contributed by atoms with E-state index in [1.807, 2.05) is 23.5 Å². The molecule has 1 aliphatic rings. The van der Waals surface area contributed by atoms with E-state index < -0.39 is 0 Å². The zero-order valence-electron chi connectivity index (χ0n) is 13.6. The van der Waals surface area contributed by atoms with Gasteiger partial charge in [-0.15, -0.1) is 11.3 Å². The van der Waals surface area contributed by atoms with Crippen LogP contribution in [0.3, 0.4) is 0 Å². The molecule has 0 aliphatic carbocycles. The number of rotatable bonds is 6. The molecule has 1 fully saturated rings. The Labute approximate surface area is 141 Å². The molecule has 0 atom stereocenters. The van der Waals surface area contributed by atoms with Gasteiger partial charge in [-0.05, 0) is 48.2 Å². The van der Waals surface area contributed by atoms with Gasteiger partial charge in [0.05, 0.1) is 0 Å². The second kappa shape index (κ2) is 7.90. The van der Waals surface area contributed by atoms with Crippen molar-refractivity contribution in [3.63, 3.8) is 0 Å². The Hall–Kier alpha value is -1.43. The van der Waals surface area contributed by atoms with Crippen LogP contribution in [0.2, 0.25) is 0 Å². The lowest BCUT2D eigenvalue weighted by atomic mass is 10.2. The first-order chi connectivity index (χ1) is 11.2. The Morgan fingerprint density at radius 3 is 2.48 bits per heavy atom. The molecule has 0 bridgehead atoms. The molecule has 1 aromatic carbocycles. The van der Waals surface area contributed by atoms with Crippen molar-refractivity contribution in [1.29, 1.82) is 0 Å². The number of hydrogen-bond acceptors (Lipinski definition) is 4. The van der Waals surface area contributed by atoms with E-state index in [1.54, 1.807) is 0 Å². The fourth-order valence-electron chi connectivity index (χ4n) is 2.91.